The van der Waals surface area contributed by atoms with Crippen LogP contribution in [0.4, 0.5) is 4.39 Å². The number of nitrogens with zero attached hydrogens (tertiary/aromatic N) is 3. The van der Waals surface area contributed by atoms with Gasteiger partial charge in [-0.05, 0) is 61.7 Å². The molecule has 152 valence electrons. The first-order valence-electron chi connectivity index (χ1n) is 9.23. The second-order valence-corrected chi connectivity index (χ2v) is 8.11. The second-order valence-electron chi connectivity index (χ2n) is 6.79. The molecule has 1 aromatic heterocycles. The molecule has 0 bridgehead atoms. The first-order chi connectivity index (χ1) is 13.9. The summed E-state index contributed by atoms with van der Waals surface area (Å²) < 4.78 is 21.2. The highest BCUT2D eigenvalue weighted by atomic mass is 35.5. The van der Waals surface area contributed by atoms with Crippen molar-refractivity contribution in [2.24, 2.45) is 0 Å². The van der Waals surface area contributed by atoms with Gasteiger partial charge >= 0.3 is 0 Å². The van der Waals surface area contributed by atoms with E-state index in [2.05, 4.69) is 16.8 Å². The van der Waals surface area contributed by atoms with Gasteiger partial charge in [-0.3, -0.25) is 4.57 Å². The van der Waals surface area contributed by atoms with Crippen LogP contribution in [0.2, 0.25) is 5.02 Å². The molecule has 0 saturated heterocycles. The fourth-order valence-electron chi connectivity index (χ4n) is 2.97. The monoisotopic (exact) mass is 431 g/mol. The van der Waals surface area contributed by atoms with Crippen LogP contribution >= 0.6 is 23.4 Å². The van der Waals surface area contributed by atoms with Crippen LogP contribution in [0.25, 0.3) is 0 Å². The quantitative estimate of drug-likeness (QED) is 0.309. The first kappa shape index (κ1) is 21.4. The second kappa shape index (κ2) is 9.46. The van der Waals surface area contributed by atoms with E-state index in [0.717, 1.165) is 38.4 Å². The van der Waals surface area contributed by atoms with Gasteiger partial charge in [0.05, 0.1) is 0 Å². The molecular formula is C22H23ClFN3OS. The maximum Gasteiger partial charge on any atom is 0.191 e. The number of hydrogen-bond acceptors (Lipinski definition) is 4. The number of benzene rings is 2. The van der Waals surface area contributed by atoms with Crippen LogP contribution in [-0.4, -0.2) is 14.8 Å². The van der Waals surface area contributed by atoms with E-state index < -0.39 is 0 Å². The van der Waals surface area contributed by atoms with Crippen molar-refractivity contribution in [2.75, 3.05) is 0 Å². The van der Waals surface area contributed by atoms with Crippen LogP contribution in [0.1, 0.15) is 35.5 Å². The third-order valence-corrected chi connectivity index (χ3v) is 6.06. The van der Waals surface area contributed by atoms with Crippen LogP contribution in [0, 0.1) is 19.7 Å². The summed E-state index contributed by atoms with van der Waals surface area (Å²) >= 11 is 7.79. The van der Waals surface area contributed by atoms with Crippen LogP contribution in [0.15, 0.2) is 54.2 Å². The fraction of sp³-hybridized carbons (Fsp3) is 0.273. The first-order valence-corrected chi connectivity index (χ1v) is 10.6. The summed E-state index contributed by atoms with van der Waals surface area (Å²) in [4.78, 5) is 0. The number of allylic oxidation sites excluding steroid dienone is 1. The predicted octanol–water partition coefficient (Wildman–Crippen LogP) is 6.31. The predicted molar refractivity (Wildman–Crippen MR) is 116 cm³/mol. The zero-order valence-electron chi connectivity index (χ0n) is 16.7. The minimum Gasteiger partial charge on any atom is -0.483 e. The molecular weight excluding hydrogens is 409 g/mol. The molecule has 0 amide bonds. The highest BCUT2D eigenvalue weighted by molar-refractivity contribution is 7.98. The van der Waals surface area contributed by atoms with Gasteiger partial charge in [-0.25, -0.2) is 4.39 Å². The summed E-state index contributed by atoms with van der Waals surface area (Å²) in [5, 5.41) is 10.2. The van der Waals surface area contributed by atoms with Crippen molar-refractivity contribution in [1.29, 1.82) is 0 Å². The van der Waals surface area contributed by atoms with E-state index in [-0.39, 0.29) is 11.9 Å². The Morgan fingerprint density at radius 3 is 2.48 bits per heavy atom. The molecule has 0 spiro atoms. The van der Waals surface area contributed by atoms with Gasteiger partial charge in [-0.2, -0.15) is 0 Å². The molecule has 0 radical (unpaired) electrons. The normalized spacial score (nSPS) is 12.0. The van der Waals surface area contributed by atoms with E-state index in [4.69, 9.17) is 16.3 Å². The Labute approximate surface area is 179 Å². The van der Waals surface area contributed by atoms with Crippen molar-refractivity contribution >= 4 is 23.4 Å². The summed E-state index contributed by atoms with van der Waals surface area (Å²) in [7, 11) is 0. The lowest BCUT2D eigenvalue weighted by molar-refractivity contribution is 0.210. The van der Waals surface area contributed by atoms with E-state index in [1.54, 1.807) is 30.0 Å². The maximum atomic E-state index is 13.1. The van der Waals surface area contributed by atoms with Gasteiger partial charge in [0.2, 0.25) is 0 Å². The topological polar surface area (TPSA) is 39.9 Å². The Kier molecular flexibility index (Phi) is 6.98. The average Bonchev–Trinajstić information content (AvgIpc) is 3.09. The molecule has 0 aliphatic rings. The number of halogens is 2. The van der Waals surface area contributed by atoms with Crippen molar-refractivity contribution in [2.45, 2.75) is 44.3 Å². The lowest BCUT2D eigenvalue weighted by atomic mass is 10.1. The van der Waals surface area contributed by atoms with E-state index >= 15 is 0 Å². The molecule has 4 nitrogen and oxygen atoms in total. The molecule has 3 rings (SSSR count). The van der Waals surface area contributed by atoms with Crippen LogP contribution in [0.5, 0.6) is 5.75 Å². The zero-order chi connectivity index (χ0) is 21.0. The standard InChI is InChI=1S/C22H23ClFN3OS/c1-5-10-27-21(16(4)28-19-11-14(2)20(23)15(3)12-19)25-26-22(27)29-13-17-6-8-18(24)9-7-17/h5-9,11-12,16H,1,10,13H2,2-4H3. The lowest BCUT2D eigenvalue weighted by Gasteiger charge is -2.17. The number of aryl methyl sites for hydroxylation is 2. The molecule has 1 heterocycles. The zero-order valence-corrected chi connectivity index (χ0v) is 18.2. The van der Waals surface area contributed by atoms with Crippen LogP contribution in [0.3, 0.4) is 0 Å². The number of rotatable bonds is 8. The summed E-state index contributed by atoms with van der Waals surface area (Å²) in [5.41, 5.74) is 2.96. The molecule has 0 fully saturated rings. The number of thioether (sulfide) groups is 1. The largest absolute Gasteiger partial charge is 0.483 e. The molecule has 0 aliphatic heterocycles. The van der Waals surface area contributed by atoms with Crippen LogP contribution in [-0.2, 0) is 12.3 Å². The SMILES string of the molecule is C=CCn1c(SCc2ccc(F)cc2)nnc1C(C)Oc1cc(C)c(Cl)c(C)c1. The summed E-state index contributed by atoms with van der Waals surface area (Å²) in [6.07, 6.45) is 1.50. The highest BCUT2D eigenvalue weighted by Crippen LogP contribution is 2.30. The van der Waals surface area contributed by atoms with Crippen LogP contribution < -0.4 is 4.74 Å². The Hall–Kier alpha value is -2.31. The van der Waals surface area contributed by atoms with Crippen molar-refractivity contribution < 1.29 is 9.13 Å². The van der Waals surface area contributed by atoms with Crippen molar-refractivity contribution in [3.8, 4) is 5.75 Å². The number of aromatic nitrogens is 3. The van der Waals surface area contributed by atoms with Gasteiger partial charge in [0.1, 0.15) is 11.6 Å². The Bertz CT molecular complexity index is 981. The van der Waals surface area contributed by atoms with E-state index in [1.165, 1.54) is 12.1 Å². The average molecular weight is 432 g/mol. The lowest BCUT2D eigenvalue weighted by Crippen LogP contribution is -2.12. The molecule has 3 aromatic rings. The van der Waals surface area contributed by atoms with Gasteiger partial charge < -0.3 is 4.74 Å². The molecule has 1 unspecified atom stereocenters. The summed E-state index contributed by atoms with van der Waals surface area (Å²) in [6.45, 7) is 10.3. The molecule has 29 heavy (non-hydrogen) atoms. The van der Waals surface area contributed by atoms with E-state index in [1.807, 2.05) is 37.5 Å². The van der Waals surface area contributed by atoms with Gasteiger partial charge in [-0.15, -0.1) is 16.8 Å². The van der Waals surface area contributed by atoms with Crippen molar-refractivity contribution in [1.82, 2.24) is 14.8 Å². The van der Waals surface area contributed by atoms with E-state index in [9.17, 15) is 4.39 Å². The third-order valence-electron chi connectivity index (χ3n) is 4.42. The number of ether oxygens (including phenoxy) is 1. The minimum atomic E-state index is -0.303. The molecule has 2 aromatic carbocycles. The summed E-state index contributed by atoms with van der Waals surface area (Å²) in [5.74, 6) is 1.89. The van der Waals surface area contributed by atoms with Crippen molar-refractivity contribution in [3.05, 3.63) is 82.4 Å². The third kappa shape index (κ3) is 5.19. The van der Waals surface area contributed by atoms with Gasteiger partial charge in [0, 0.05) is 17.3 Å². The Balaban J connectivity index is 1.78. The Morgan fingerprint density at radius 1 is 1.21 bits per heavy atom. The van der Waals surface area contributed by atoms with Gasteiger partial charge in [-0.1, -0.05) is 41.6 Å². The molecule has 1 atom stereocenters. The summed E-state index contributed by atoms with van der Waals surface area (Å²) in [6, 6.07) is 10.3. The fourth-order valence-corrected chi connectivity index (χ4v) is 3.99. The molecule has 0 saturated carbocycles. The van der Waals surface area contributed by atoms with Crippen molar-refractivity contribution in [3.63, 3.8) is 0 Å². The smallest absolute Gasteiger partial charge is 0.191 e. The minimum absolute atomic E-state index is 0.241. The highest BCUT2D eigenvalue weighted by Gasteiger charge is 2.19. The molecule has 0 N–H and O–H groups in total. The molecule has 7 heteroatoms. The number of hydrogen-bond donors (Lipinski definition) is 0. The van der Waals surface area contributed by atoms with Gasteiger partial charge in [0.25, 0.3) is 0 Å². The van der Waals surface area contributed by atoms with Gasteiger partial charge in [0.15, 0.2) is 17.1 Å². The van der Waals surface area contributed by atoms with E-state index in [0.29, 0.717) is 12.3 Å². The maximum absolute atomic E-state index is 13.1. The molecule has 0 aliphatic carbocycles. The Morgan fingerprint density at radius 2 is 1.86 bits per heavy atom.